The molecule has 2 aromatic carbocycles. The summed E-state index contributed by atoms with van der Waals surface area (Å²) in [5, 5.41) is 9.29. The summed E-state index contributed by atoms with van der Waals surface area (Å²) in [7, 11) is 1.30. The van der Waals surface area contributed by atoms with E-state index in [-0.39, 0.29) is 6.61 Å². The molecule has 19 heavy (non-hydrogen) atoms. The normalized spacial score (nSPS) is 10.0. The second-order valence-corrected chi connectivity index (χ2v) is 3.88. The predicted octanol–water partition coefficient (Wildman–Crippen LogP) is 2.76. The number of carbonyl (C=O) groups is 1. The zero-order valence-electron chi connectivity index (χ0n) is 10.5. The molecule has 4 heteroatoms. The third kappa shape index (κ3) is 3.11. The first kappa shape index (κ1) is 13.1. The van der Waals surface area contributed by atoms with Crippen LogP contribution in [0.25, 0.3) is 0 Å². The van der Waals surface area contributed by atoms with Crippen molar-refractivity contribution < 1.29 is 19.4 Å². The van der Waals surface area contributed by atoms with Crippen LogP contribution in [-0.2, 0) is 11.3 Å². The molecule has 0 heterocycles. The van der Waals surface area contributed by atoms with Gasteiger partial charge in [-0.15, -0.1) is 0 Å². The van der Waals surface area contributed by atoms with Gasteiger partial charge in [-0.05, 0) is 35.9 Å². The van der Waals surface area contributed by atoms with E-state index in [1.54, 1.807) is 18.2 Å². The summed E-state index contributed by atoms with van der Waals surface area (Å²) < 4.78 is 10.3. The van der Waals surface area contributed by atoms with Crippen LogP contribution < -0.4 is 4.74 Å². The molecule has 98 valence electrons. The number of para-hydroxylation sites is 1. The first-order chi connectivity index (χ1) is 9.24. The van der Waals surface area contributed by atoms with E-state index >= 15 is 0 Å². The van der Waals surface area contributed by atoms with Gasteiger partial charge in [0.05, 0.1) is 19.3 Å². The molecule has 0 aliphatic heterocycles. The highest BCUT2D eigenvalue weighted by Gasteiger charge is 2.12. The van der Waals surface area contributed by atoms with Gasteiger partial charge in [-0.25, -0.2) is 4.79 Å². The molecular formula is C15H14O4. The molecule has 2 rings (SSSR count). The van der Waals surface area contributed by atoms with Gasteiger partial charge in [-0.3, -0.25) is 0 Å². The van der Waals surface area contributed by atoms with Crippen molar-refractivity contribution in [3.05, 3.63) is 59.7 Å². The Balaban J connectivity index is 2.27. The van der Waals surface area contributed by atoms with Crippen LogP contribution in [0.1, 0.15) is 15.9 Å². The Morgan fingerprint density at radius 3 is 2.47 bits per heavy atom. The summed E-state index contributed by atoms with van der Waals surface area (Å²) in [6.07, 6.45) is 0. The molecule has 0 fully saturated rings. The van der Waals surface area contributed by atoms with Crippen LogP contribution in [0.3, 0.4) is 0 Å². The number of aliphatic hydroxyl groups is 1. The number of ether oxygens (including phenoxy) is 2. The second-order valence-electron chi connectivity index (χ2n) is 3.88. The number of hydrogen-bond acceptors (Lipinski definition) is 4. The fourth-order valence-corrected chi connectivity index (χ4v) is 1.70. The minimum Gasteiger partial charge on any atom is -0.465 e. The smallest absolute Gasteiger partial charge is 0.338 e. The quantitative estimate of drug-likeness (QED) is 0.857. The first-order valence-electron chi connectivity index (χ1n) is 5.79. The first-order valence-corrected chi connectivity index (χ1v) is 5.79. The number of hydrogen-bond donors (Lipinski definition) is 1. The van der Waals surface area contributed by atoms with Crippen molar-refractivity contribution in [1.29, 1.82) is 0 Å². The molecule has 2 aromatic rings. The Bertz CT molecular complexity index is 564. The van der Waals surface area contributed by atoms with Crippen LogP contribution in [0.4, 0.5) is 0 Å². The van der Waals surface area contributed by atoms with E-state index in [1.807, 2.05) is 30.3 Å². The van der Waals surface area contributed by atoms with Gasteiger partial charge in [0, 0.05) is 0 Å². The fraction of sp³-hybridized carbons (Fsp3) is 0.133. The molecule has 0 saturated heterocycles. The molecule has 0 unspecified atom stereocenters. The molecular weight excluding hydrogens is 244 g/mol. The summed E-state index contributed by atoms with van der Waals surface area (Å²) >= 11 is 0. The Kier molecular flexibility index (Phi) is 4.15. The Morgan fingerprint density at radius 2 is 1.84 bits per heavy atom. The van der Waals surface area contributed by atoms with Crippen molar-refractivity contribution >= 4 is 5.97 Å². The highest BCUT2D eigenvalue weighted by molar-refractivity contribution is 5.91. The maximum absolute atomic E-state index is 11.5. The number of methoxy groups -OCH3 is 1. The average Bonchev–Trinajstić information content (AvgIpc) is 2.47. The summed E-state index contributed by atoms with van der Waals surface area (Å²) in [4.78, 5) is 11.5. The van der Waals surface area contributed by atoms with E-state index in [4.69, 9.17) is 4.74 Å². The van der Waals surface area contributed by atoms with Crippen LogP contribution in [-0.4, -0.2) is 18.2 Å². The molecule has 4 nitrogen and oxygen atoms in total. The predicted molar refractivity (Wildman–Crippen MR) is 70.2 cm³/mol. The van der Waals surface area contributed by atoms with Gasteiger partial charge in [-0.2, -0.15) is 0 Å². The zero-order valence-corrected chi connectivity index (χ0v) is 10.5. The monoisotopic (exact) mass is 258 g/mol. The zero-order chi connectivity index (χ0) is 13.7. The SMILES string of the molecule is COC(=O)c1ccc(Oc2ccccc2)cc1CO. The van der Waals surface area contributed by atoms with Crippen LogP contribution in [0.15, 0.2) is 48.5 Å². The van der Waals surface area contributed by atoms with Crippen molar-refractivity contribution in [2.75, 3.05) is 7.11 Å². The lowest BCUT2D eigenvalue weighted by molar-refractivity contribution is 0.0597. The highest BCUT2D eigenvalue weighted by atomic mass is 16.5. The van der Waals surface area contributed by atoms with Gasteiger partial charge in [0.15, 0.2) is 0 Å². The van der Waals surface area contributed by atoms with Crippen LogP contribution in [0.5, 0.6) is 11.5 Å². The molecule has 0 aliphatic carbocycles. The van der Waals surface area contributed by atoms with Gasteiger partial charge < -0.3 is 14.6 Å². The number of aliphatic hydroxyl groups excluding tert-OH is 1. The standard InChI is InChI=1S/C15H14O4/c1-18-15(17)14-8-7-13(9-11(14)10-16)19-12-5-3-2-4-6-12/h2-9,16H,10H2,1H3. The fourth-order valence-electron chi connectivity index (χ4n) is 1.70. The summed E-state index contributed by atoms with van der Waals surface area (Å²) in [6, 6.07) is 14.1. The largest absolute Gasteiger partial charge is 0.465 e. The third-order valence-corrected chi connectivity index (χ3v) is 2.63. The number of esters is 1. The van der Waals surface area contributed by atoms with Gasteiger partial charge in [0.25, 0.3) is 0 Å². The lowest BCUT2D eigenvalue weighted by atomic mass is 10.1. The Hall–Kier alpha value is -2.33. The number of benzene rings is 2. The minimum absolute atomic E-state index is 0.254. The highest BCUT2D eigenvalue weighted by Crippen LogP contribution is 2.24. The van der Waals surface area contributed by atoms with Gasteiger partial charge in [-0.1, -0.05) is 18.2 Å². The minimum atomic E-state index is -0.477. The van der Waals surface area contributed by atoms with Gasteiger partial charge >= 0.3 is 5.97 Å². The van der Waals surface area contributed by atoms with Crippen LogP contribution >= 0.6 is 0 Å². The molecule has 0 aliphatic rings. The van der Waals surface area contributed by atoms with Gasteiger partial charge in [0.1, 0.15) is 11.5 Å². The maximum atomic E-state index is 11.5. The molecule has 0 radical (unpaired) electrons. The average molecular weight is 258 g/mol. The maximum Gasteiger partial charge on any atom is 0.338 e. The van der Waals surface area contributed by atoms with Crippen molar-refractivity contribution in [3.8, 4) is 11.5 Å². The lowest BCUT2D eigenvalue weighted by Crippen LogP contribution is -2.05. The van der Waals surface area contributed by atoms with E-state index in [0.29, 0.717) is 22.6 Å². The second kappa shape index (κ2) is 6.02. The van der Waals surface area contributed by atoms with Crippen LogP contribution in [0.2, 0.25) is 0 Å². The molecule has 0 atom stereocenters. The topological polar surface area (TPSA) is 55.8 Å². The molecule has 1 N–H and O–H groups in total. The Morgan fingerprint density at radius 1 is 1.11 bits per heavy atom. The van der Waals surface area contributed by atoms with Gasteiger partial charge in [0.2, 0.25) is 0 Å². The van der Waals surface area contributed by atoms with E-state index in [1.165, 1.54) is 7.11 Å². The molecule has 0 bridgehead atoms. The van der Waals surface area contributed by atoms with E-state index in [2.05, 4.69) is 4.74 Å². The van der Waals surface area contributed by atoms with E-state index in [0.717, 1.165) is 0 Å². The third-order valence-electron chi connectivity index (χ3n) is 2.63. The number of carbonyl (C=O) groups excluding carboxylic acids is 1. The van der Waals surface area contributed by atoms with Crippen molar-refractivity contribution in [2.45, 2.75) is 6.61 Å². The Labute approximate surface area is 111 Å². The number of rotatable bonds is 4. The van der Waals surface area contributed by atoms with Crippen molar-refractivity contribution in [2.24, 2.45) is 0 Å². The molecule has 0 spiro atoms. The van der Waals surface area contributed by atoms with Crippen molar-refractivity contribution in [1.82, 2.24) is 0 Å². The molecule has 0 aromatic heterocycles. The van der Waals surface area contributed by atoms with E-state index in [9.17, 15) is 9.90 Å². The summed E-state index contributed by atoms with van der Waals surface area (Å²) in [6.45, 7) is -0.254. The van der Waals surface area contributed by atoms with E-state index < -0.39 is 5.97 Å². The van der Waals surface area contributed by atoms with Crippen molar-refractivity contribution in [3.63, 3.8) is 0 Å². The molecule has 0 amide bonds. The molecule has 0 saturated carbocycles. The van der Waals surface area contributed by atoms with Crippen LogP contribution in [0, 0.1) is 0 Å². The summed E-state index contributed by atoms with van der Waals surface area (Å²) in [5.41, 5.74) is 0.811. The lowest BCUT2D eigenvalue weighted by Gasteiger charge is -2.09. The summed E-state index contributed by atoms with van der Waals surface area (Å²) in [5.74, 6) is 0.774.